The van der Waals surface area contributed by atoms with Crippen molar-refractivity contribution in [2.75, 3.05) is 17.2 Å². The zero-order valence-corrected chi connectivity index (χ0v) is 13.5. The van der Waals surface area contributed by atoms with Crippen molar-refractivity contribution in [3.8, 4) is 17.3 Å². The Labute approximate surface area is 144 Å². The second kappa shape index (κ2) is 7.36. The Bertz CT molecular complexity index is 921. The predicted molar refractivity (Wildman–Crippen MR) is 93.8 cm³/mol. The lowest BCUT2D eigenvalue weighted by Crippen LogP contribution is -2.06. The van der Waals surface area contributed by atoms with Crippen LogP contribution in [-0.2, 0) is 0 Å². The maximum absolute atomic E-state index is 13.8. The Balaban J connectivity index is 2.03. The van der Waals surface area contributed by atoms with E-state index in [0.29, 0.717) is 29.7 Å². The second-order valence-corrected chi connectivity index (χ2v) is 5.13. The van der Waals surface area contributed by atoms with Gasteiger partial charge in [-0.15, -0.1) is 0 Å². The van der Waals surface area contributed by atoms with Crippen LogP contribution >= 0.6 is 0 Å². The van der Waals surface area contributed by atoms with Crippen molar-refractivity contribution in [1.82, 2.24) is 15.0 Å². The third kappa shape index (κ3) is 3.70. The van der Waals surface area contributed by atoms with Crippen LogP contribution in [0.3, 0.4) is 0 Å². The Hall–Kier alpha value is -3.53. The summed E-state index contributed by atoms with van der Waals surface area (Å²) in [5.41, 5.74) is 1.78. The predicted octanol–water partition coefficient (Wildman–Crippen LogP) is 3.72. The molecule has 0 atom stereocenters. The average molecular weight is 334 g/mol. The van der Waals surface area contributed by atoms with Crippen LogP contribution in [0, 0.1) is 17.1 Å². The van der Waals surface area contributed by atoms with Crippen LogP contribution in [0.2, 0.25) is 0 Å². The molecule has 7 heteroatoms. The fourth-order valence-corrected chi connectivity index (χ4v) is 2.29. The normalized spacial score (nSPS) is 10.1. The molecular weight excluding hydrogens is 319 g/mol. The van der Waals surface area contributed by atoms with E-state index in [9.17, 15) is 4.39 Å². The number of anilines is 3. The highest BCUT2D eigenvalue weighted by Crippen LogP contribution is 2.25. The summed E-state index contributed by atoms with van der Waals surface area (Å²) in [6, 6.07) is 11.7. The van der Waals surface area contributed by atoms with Crippen molar-refractivity contribution in [1.29, 1.82) is 5.26 Å². The highest BCUT2D eigenvalue weighted by atomic mass is 19.1. The van der Waals surface area contributed by atoms with Gasteiger partial charge in [-0.1, -0.05) is 6.07 Å². The number of nitriles is 1. The number of nitrogens with zero attached hydrogens (tertiary/aromatic N) is 4. The SMILES string of the molecule is CCNc1nc(Nc2cccc(F)c2C#N)cc(-c2cccnc2)n1. The Morgan fingerprint density at radius 2 is 2.08 bits per heavy atom. The van der Waals surface area contributed by atoms with Crippen molar-refractivity contribution in [2.45, 2.75) is 6.92 Å². The van der Waals surface area contributed by atoms with Gasteiger partial charge < -0.3 is 10.6 Å². The van der Waals surface area contributed by atoms with Gasteiger partial charge in [-0.05, 0) is 31.2 Å². The zero-order chi connectivity index (χ0) is 17.6. The molecule has 0 saturated carbocycles. The summed E-state index contributed by atoms with van der Waals surface area (Å²) in [4.78, 5) is 12.9. The maximum Gasteiger partial charge on any atom is 0.225 e. The molecule has 0 aliphatic rings. The second-order valence-electron chi connectivity index (χ2n) is 5.13. The van der Waals surface area contributed by atoms with Crippen molar-refractivity contribution in [3.63, 3.8) is 0 Å². The molecule has 0 fully saturated rings. The molecule has 0 spiro atoms. The van der Waals surface area contributed by atoms with E-state index in [-0.39, 0.29) is 5.56 Å². The fourth-order valence-electron chi connectivity index (χ4n) is 2.29. The van der Waals surface area contributed by atoms with Gasteiger partial charge in [0, 0.05) is 30.6 Å². The molecule has 0 radical (unpaired) electrons. The van der Waals surface area contributed by atoms with Crippen LogP contribution in [0.15, 0.2) is 48.8 Å². The van der Waals surface area contributed by atoms with Crippen LogP contribution in [0.1, 0.15) is 12.5 Å². The first-order valence-corrected chi connectivity index (χ1v) is 7.70. The van der Waals surface area contributed by atoms with E-state index in [4.69, 9.17) is 5.26 Å². The summed E-state index contributed by atoms with van der Waals surface area (Å²) in [5.74, 6) is 0.300. The Kier molecular flexibility index (Phi) is 4.81. The summed E-state index contributed by atoms with van der Waals surface area (Å²) in [6.07, 6.45) is 3.38. The van der Waals surface area contributed by atoms with Crippen LogP contribution in [0.4, 0.5) is 21.8 Å². The zero-order valence-electron chi connectivity index (χ0n) is 13.5. The number of rotatable bonds is 5. The van der Waals surface area contributed by atoms with E-state index < -0.39 is 5.82 Å². The molecule has 0 aliphatic heterocycles. The number of aromatic nitrogens is 3. The molecule has 0 bridgehead atoms. The third-order valence-corrected chi connectivity index (χ3v) is 3.41. The van der Waals surface area contributed by atoms with E-state index in [1.807, 2.05) is 25.1 Å². The first kappa shape index (κ1) is 16.3. The number of halogens is 1. The third-order valence-electron chi connectivity index (χ3n) is 3.41. The van der Waals surface area contributed by atoms with Crippen LogP contribution < -0.4 is 10.6 Å². The summed E-state index contributed by atoms with van der Waals surface area (Å²) < 4.78 is 13.8. The number of hydrogen-bond donors (Lipinski definition) is 2. The van der Waals surface area contributed by atoms with Crippen molar-refractivity contribution >= 4 is 17.5 Å². The molecule has 124 valence electrons. The fraction of sp³-hybridized carbons (Fsp3) is 0.111. The van der Waals surface area contributed by atoms with E-state index >= 15 is 0 Å². The molecule has 0 aliphatic carbocycles. The van der Waals surface area contributed by atoms with Crippen molar-refractivity contribution in [3.05, 3.63) is 60.2 Å². The van der Waals surface area contributed by atoms with Gasteiger partial charge in [0.1, 0.15) is 23.3 Å². The molecule has 2 N–H and O–H groups in total. The van der Waals surface area contributed by atoms with Crippen LogP contribution in [-0.4, -0.2) is 21.5 Å². The lowest BCUT2D eigenvalue weighted by atomic mass is 10.1. The molecule has 3 rings (SSSR count). The molecule has 0 unspecified atom stereocenters. The highest BCUT2D eigenvalue weighted by molar-refractivity contribution is 5.69. The van der Waals surface area contributed by atoms with Gasteiger partial charge in [0.05, 0.1) is 11.4 Å². The molecule has 25 heavy (non-hydrogen) atoms. The molecule has 1 aromatic carbocycles. The smallest absolute Gasteiger partial charge is 0.225 e. The summed E-state index contributed by atoms with van der Waals surface area (Å²) in [5, 5.41) is 15.2. The van der Waals surface area contributed by atoms with Crippen LogP contribution in [0.5, 0.6) is 0 Å². The summed E-state index contributed by atoms with van der Waals surface area (Å²) >= 11 is 0. The Morgan fingerprint density at radius 1 is 1.20 bits per heavy atom. The molecule has 0 amide bonds. The average Bonchev–Trinajstić information content (AvgIpc) is 2.63. The van der Waals surface area contributed by atoms with E-state index in [1.165, 1.54) is 12.1 Å². The molecular formula is C18H15FN6. The molecule has 0 saturated heterocycles. The van der Waals surface area contributed by atoms with Crippen molar-refractivity contribution < 1.29 is 4.39 Å². The monoisotopic (exact) mass is 334 g/mol. The maximum atomic E-state index is 13.8. The first-order valence-electron chi connectivity index (χ1n) is 7.70. The lowest BCUT2D eigenvalue weighted by molar-refractivity contribution is 0.624. The van der Waals surface area contributed by atoms with E-state index in [2.05, 4.69) is 25.6 Å². The van der Waals surface area contributed by atoms with Gasteiger partial charge in [-0.2, -0.15) is 10.2 Å². The van der Waals surface area contributed by atoms with E-state index in [1.54, 1.807) is 24.5 Å². The topological polar surface area (TPSA) is 86.5 Å². The van der Waals surface area contributed by atoms with Gasteiger partial charge in [-0.25, -0.2) is 9.37 Å². The number of benzene rings is 1. The Morgan fingerprint density at radius 3 is 2.80 bits per heavy atom. The highest BCUT2D eigenvalue weighted by Gasteiger charge is 2.11. The molecule has 3 aromatic rings. The summed E-state index contributed by atoms with van der Waals surface area (Å²) in [6.45, 7) is 2.59. The lowest BCUT2D eigenvalue weighted by Gasteiger charge is -2.11. The van der Waals surface area contributed by atoms with Gasteiger partial charge in [0.15, 0.2) is 0 Å². The van der Waals surface area contributed by atoms with Gasteiger partial charge in [-0.3, -0.25) is 4.98 Å². The minimum absolute atomic E-state index is 0.0611. The van der Waals surface area contributed by atoms with Crippen molar-refractivity contribution in [2.24, 2.45) is 0 Å². The standard InChI is InChI=1S/C18H15FN6/c1-2-22-18-24-16(12-5-4-8-21-11-12)9-17(25-18)23-15-7-3-6-14(19)13(15)10-20/h3-9,11H,2H2,1H3,(H2,22,23,24,25). The number of hydrogen-bond acceptors (Lipinski definition) is 6. The molecule has 2 heterocycles. The largest absolute Gasteiger partial charge is 0.354 e. The first-order chi connectivity index (χ1) is 12.2. The number of pyridine rings is 1. The minimum Gasteiger partial charge on any atom is -0.354 e. The quantitative estimate of drug-likeness (QED) is 0.739. The summed E-state index contributed by atoms with van der Waals surface area (Å²) in [7, 11) is 0. The van der Waals surface area contributed by atoms with E-state index in [0.717, 1.165) is 5.56 Å². The number of nitrogens with one attached hydrogen (secondary N) is 2. The van der Waals surface area contributed by atoms with Crippen LogP contribution in [0.25, 0.3) is 11.3 Å². The molecule has 2 aromatic heterocycles. The van der Waals surface area contributed by atoms with Gasteiger partial charge in [0.25, 0.3) is 0 Å². The molecule has 6 nitrogen and oxygen atoms in total. The van der Waals surface area contributed by atoms with Gasteiger partial charge >= 0.3 is 0 Å². The minimum atomic E-state index is -0.582. The van der Waals surface area contributed by atoms with Gasteiger partial charge in [0.2, 0.25) is 5.95 Å².